The molecule has 0 radical (unpaired) electrons. The van der Waals surface area contributed by atoms with Crippen LogP contribution >= 0.6 is 0 Å². The summed E-state index contributed by atoms with van der Waals surface area (Å²) < 4.78 is 15.3. The van der Waals surface area contributed by atoms with Gasteiger partial charge in [0, 0.05) is 45.3 Å². The van der Waals surface area contributed by atoms with E-state index in [9.17, 15) is 0 Å². The first-order valence-corrected chi connectivity index (χ1v) is 18.8. The van der Waals surface area contributed by atoms with Gasteiger partial charge < -0.3 is 18.9 Å². The largest absolute Gasteiger partial charge is 0.453 e. The summed E-state index contributed by atoms with van der Waals surface area (Å²) in [6, 6.07) is 64.5. The van der Waals surface area contributed by atoms with E-state index in [0.29, 0.717) is 0 Å². The number of fused-ring (bicyclic) bond motifs is 7. The van der Waals surface area contributed by atoms with Crippen molar-refractivity contribution < 1.29 is 9.47 Å². The summed E-state index contributed by atoms with van der Waals surface area (Å²) in [6.45, 7) is 3.12. The molecule has 0 atom stereocenters. The van der Waals surface area contributed by atoms with E-state index in [0.717, 1.165) is 80.4 Å². The molecule has 0 amide bonds. The molecule has 0 N–H and O–H groups in total. The molecule has 0 unspecified atom stereocenters. The molecule has 5 nitrogen and oxygen atoms in total. The Hall–Kier alpha value is -7.24. The smallest absolute Gasteiger partial charge is 0.155 e. The van der Waals surface area contributed by atoms with Gasteiger partial charge in [-0.15, -0.1) is 0 Å². The minimum Gasteiger partial charge on any atom is -0.453 e. The molecular formula is C50H35N3O2. The maximum atomic E-state index is 6.64. The lowest BCUT2D eigenvalue weighted by molar-refractivity contribution is 0.446. The van der Waals surface area contributed by atoms with Gasteiger partial charge in [0.2, 0.25) is 0 Å². The third-order valence-electron chi connectivity index (χ3n) is 10.9. The number of aromatic nitrogens is 1. The number of benzene rings is 8. The highest BCUT2D eigenvalue weighted by atomic mass is 16.5. The van der Waals surface area contributed by atoms with Crippen LogP contribution in [-0.4, -0.2) is 4.57 Å². The van der Waals surface area contributed by atoms with Gasteiger partial charge in [0.25, 0.3) is 0 Å². The molecule has 0 aliphatic carbocycles. The van der Waals surface area contributed by atoms with Crippen molar-refractivity contribution in [3.63, 3.8) is 0 Å². The lowest BCUT2D eigenvalue weighted by Crippen LogP contribution is -2.20. The van der Waals surface area contributed by atoms with E-state index in [-0.39, 0.29) is 0 Å². The zero-order chi connectivity index (χ0) is 36.5. The Bertz CT molecular complexity index is 2950. The van der Waals surface area contributed by atoms with Crippen LogP contribution in [0.15, 0.2) is 182 Å². The Morgan fingerprint density at radius 2 is 1.11 bits per heavy atom. The molecule has 262 valence electrons. The van der Waals surface area contributed by atoms with Crippen molar-refractivity contribution in [3.8, 4) is 45.3 Å². The molecule has 0 spiro atoms. The maximum absolute atomic E-state index is 6.64. The molecule has 55 heavy (non-hydrogen) atoms. The summed E-state index contributed by atoms with van der Waals surface area (Å²) in [4.78, 5) is 4.66. The van der Waals surface area contributed by atoms with Crippen LogP contribution in [0.25, 0.3) is 44.1 Å². The highest BCUT2D eigenvalue weighted by molar-refractivity contribution is 6.10. The molecule has 5 heteroatoms. The second kappa shape index (κ2) is 12.4. The molecule has 8 aromatic carbocycles. The first-order valence-electron chi connectivity index (χ1n) is 18.8. The van der Waals surface area contributed by atoms with E-state index in [1.54, 1.807) is 0 Å². The topological polar surface area (TPSA) is 29.9 Å². The standard InChI is InChI=1S/C50H35N3O2/c1-2-51-41-20-8-7-19-39(41)40-32-37(27-29-42(40)51)52(43-21-9-6-18-38(43)33-14-4-3-5-15-33)36-17-12-16-34(30-36)35-26-28-45-49(31-35)55-48-25-13-24-47-50(48)53(45)44-22-10-11-23-46(44)54-47/h3-32H,2H2,1H3. The van der Waals surface area contributed by atoms with Crippen molar-refractivity contribution in [3.05, 3.63) is 182 Å². The van der Waals surface area contributed by atoms with Gasteiger partial charge >= 0.3 is 0 Å². The zero-order valence-corrected chi connectivity index (χ0v) is 30.2. The van der Waals surface area contributed by atoms with Crippen molar-refractivity contribution in [2.75, 3.05) is 9.80 Å². The number of rotatable bonds is 6. The molecule has 11 rings (SSSR count). The van der Waals surface area contributed by atoms with Gasteiger partial charge in [-0.2, -0.15) is 0 Å². The van der Waals surface area contributed by atoms with Crippen LogP contribution in [0.4, 0.5) is 34.1 Å². The highest BCUT2D eigenvalue weighted by Gasteiger charge is 2.34. The molecule has 0 fully saturated rings. The Morgan fingerprint density at radius 3 is 2.00 bits per heavy atom. The molecule has 3 heterocycles. The Balaban J connectivity index is 1.07. The summed E-state index contributed by atoms with van der Waals surface area (Å²) in [5, 5.41) is 2.50. The number of hydrogen-bond donors (Lipinski definition) is 0. The average molecular weight is 710 g/mol. The Morgan fingerprint density at radius 1 is 0.455 bits per heavy atom. The zero-order valence-electron chi connectivity index (χ0n) is 30.2. The predicted octanol–water partition coefficient (Wildman–Crippen LogP) is 14.3. The lowest BCUT2D eigenvalue weighted by Gasteiger charge is -2.37. The minimum absolute atomic E-state index is 0.772. The van der Waals surface area contributed by atoms with Crippen molar-refractivity contribution in [1.29, 1.82) is 0 Å². The molecule has 2 aliphatic rings. The molecule has 0 saturated heterocycles. The number of aryl methyl sites for hydroxylation is 1. The molecule has 0 saturated carbocycles. The monoisotopic (exact) mass is 709 g/mol. The number of hydrogen-bond acceptors (Lipinski definition) is 4. The van der Waals surface area contributed by atoms with Gasteiger partial charge in [-0.25, -0.2) is 0 Å². The second-order valence-corrected chi connectivity index (χ2v) is 14.0. The van der Waals surface area contributed by atoms with Crippen LogP contribution in [0.1, 0.15) is 6.92 Å². The summed E-state index contributed by atoms with van der Waals surface area (Å²) >= 11 is 0. The van der Waals surface area contributed by atoms with Crippen LogP contribution in [0.5, 0.6) is 23.0 Å². The summed E-state index contributed by atoms with van der Waals surface area (Å²) in [6.07, 6.45) is 0. The van der Waals surface area contributed by atoms with Crippen molar-refractivity contribution in [1.82, 2.24) is 4.57 Å². The predicted molar refractivity (Wildman–Crippen MR) is 226 cm³/mol. The number of ether oxygens (including phenoxy) is 2. The van der Waals surface area contributed by atoms with Gasteiger partial charge in [0.1, 0.15) is 5.69 Å². The Kier molecular flexibility index (Phi) is 7.07. The minimum atomic E-state index is 0.772. The van der Waals surface area contributed by atoms with E-state index in [1.807, 2.05) is 36.4 Å². The van der Waals surface area contributed by atoms with Crippen LogP contribution in [-0.2, 0) is 6.54 Å². The fourth-order valence-corrected chi connectivity index (χ4v) is 8.49. The lowest BCUT2D eigenvalue weighted by atomic mass is 9.99. The fraction of sp³-hybridized carbons (Fsp3) is 0.0400. The van der Waals surface area contributed by atoms with E-state index in [2.05, 4.69) is 167 Å². The van der Waals surface area contributed by atoms with E-state index >= 15 is 0 Å². The van der Waals surface area contributed by atoms with E-state index in [1.165, 1.54) is 27.4 Å². The van der Waals surface area contributed by atoms with Gasteiger partial charge in [0.15, 0.2) is 23.0 Å². The molecular weight excluding hydrogens is 675 g/mol. The van der Waals surface area contributed by atoms with Crippen LogP contribution < -0.4 is 19.3 Å². The molecule has 1 aromatic heterocycles. The fourth-order valence-electron chi connectivity index (χ4n) is 8.49. The number of anilines is 6. The van der Waals surface area contributed by atoms with Crippen LogP contribution in [0.3, 0.4) is 0 Å². The Labute approximate surface area is 319 Å². The van der Waals surface area contributed by atoms with E-state index < -0.39 is 0 Å². The average Bonchev–Trinajstić information content (AvgIpc) is 3.57. The van der Waals surface area contributed by atoms with Gasteiger partial charge in [-0.1, -0.05) is 103 Å². The first kappa shape index (κ1) is 31.3. The SMILES string of the molecule is CCn1c2ccccc2c2cc(N(c3cccc(-c4ccc5c(c4)Oc4cccc6c4N5c4ccccc4O6)c3)c3ccccc3-c3ccccc3)ccc21. The van der Waals surface area contributed by atoms with E-state index in [4.69, 9.17) is 9.47 Å². The molecule has 2 aliphatic heterocycles. The summed E-state index contributed by atoms with van der Waals surface area (Å²) in [5.41, 5.74) is 13.2. The van der Waals surface area contributed by atoms with Gasteiger partial charge in [0.05, 0.1) is 17.1 Å². The quantitative estimate of drug-likeness (QED) is 0.172. The van der Waals surface area contributed by atoms with Crippen molar-refractivity contribution in [2.45, 2.75) is 13.5 Å². The second-order valence-electron chi connectivity index (χ2n) is 14.0. The van der Waals surface area contributed by atoms with Gasteiger partial charge in [-0.05, 0) is 102 Å². The van der Waals surface area contributed by atoms with Crippen molar-refractivity contribution >= 4 is 55.9 Å². The normalized spacial score (nSPS) is 12.4. The third kappa shape index (κ3) is 4.94. The summed E-state index contributed by atoms with van der Waals surface area (Å²) in [7, 11) is 0. The highest BCUT2D eigenvalue weighted by Crippen LogP contribution is 2.59. The van der Waals surface area contributed by atoms with Gasteiger partial charge in [-0.3, -0.25) is 4.90 Å². The number of para-hydroxylation sites is 5. The summed E-state index contributed by atoms with van der Waals surface area (Å²) in [5.74, 6) is 3.18. The molecule has 0 bridgehead atoms. The maximum Gasteiger partial charge on any atom is 0.155 e. The number of nitrogens with zero attached hydrogens (tertiary/aromatic N) is 3. The first-order chi connectivity index (χ1) is 27.2. The molecule has 9 aromatic rings. The third-order valence-corrected chi connectivity index (χ3v) is 10.9. The van der Waals surface area contributed by atoms with Crippen LogP contribution in [0, 0.1) is 0 Å². The van der Waals surface area contributed by atoms with Crippen molar-refractivity contribution in [2.24, 2.45) is 0 Å². The van der Waals surface area contributed by atoms with Crippen LogP contribution in [0.2, 0.25) is 0 Å².